The monoisotopic (exact) mass is 386 g/mol. The predicted octanol–water partition coefficient (Wildman–Crippen LogP) is 1.54. The van der Waals surface area contributed by atoms with Crippen LogP contribution in [-0.4, -0.2) is 45.9 Å². The Bertz CT molecular complexity index is 901. The molecule has 3 aliphatic heterocycles. The molecular formula is C18H18N4O4S. The highest BCUT2D eigenvalue weighted by molar-refractivity contribution is 7.80. The number of carbonyl (C=O) groups excluding carboxylic acids is 2. The van der Waals surface area contributed by atoms with E-state index in [1.165, 1.54) is 17.0 Å². The number of amides is 2. The summed E-state index contributed by atoms with van der Waals surface area (Å²) in [6.45, 7) is 4.56. The van der Waals surface area contributed by atoms with Gasteiger partial charge in [0.05, 0.1) is 11.0 Å². The van der Waals surface area contributed by atoms with Crippen molar-refractivity contribution < 1.29 is 14.5 Å². The van der Waals surface area contributed by atoms with Crippen LogP contribution >= 0.6 is 12.2 Å². The molecule has 2 amide bonds. The van der Waals surface area contributed by atoms with Gasteiger partial charge in [-0.15, -0.1) is 6.58 Å². The smallest absolute Gasteiger partial charge is 0.269 e. The number of nitro benzene ring substituents is 1. The zero-order chi connectivity index (χ0) is 19.3. The Balaban J connectivity index is 1.87. The number of carbonyl (C=O) groups is 2. The van der Waals surface area contributed by atoms with Crippen molar-refractivity contribution in [3.8, 4) is 0 Å². The summed E-state index contributed by atoms with van der Waals surface area (Å²) in [5.74, 6) is -0.780. The number of nitrogens with one attached hydrogen (secondary N) is 1. The summed E-state index contributed by atoms with van der Waals surface area (Å²) >= 11 is 5.17. The van der Waals surface area contributed by atoms with Gasteiger partial charge >= 0.3 is 0 Å². The Kier molecular flexibility index (Phi) is 3.99. The van der Waals surface area contributed by atoms with E-state index in [9.17, 15) is 19.7 Å². The molecule has 140 valence electrons. The lowest BCUT2D eigenvalue weighted by Crippen LogP contribution is -2.71. The molecule has 27 heavy (non-hydrogen) atoms. The maximum Gasteiger partial charge on any atom is 0.269 e. The van der Waals surface area contributed by atoms with Crippen LogP contribution in [0.25, 0.3) is 0 Å². The van der Waals surface area contributed by atoms with Gasteiger partial charge in [-0.3, -0.25) is 24.6 Å². The summed E-state index contributed by atoms with van der Waals surface area (Å²) in [5, 5.41) is 13.9. The van der Waals surface area contributed by atoms with Crippen molar-refractivity contribution in [3.63, 3.8) is 0 Å². The molecule has 0 radical (unpaired) electrons. The molecule has 0 saturated carbocycles. The second kappa shape index (κ2) is 6.12. The van der Waals surface area contributed by atoms with E-state index in [0.29, 0.717) is 18.5 Å². The second-order valence-electron chi connectivity index (χ2n) is 7.03. The van der Waals surface area contributed by atoms with E-state index in [2.05, 4.69) is 11.9 Å². The van der Waals surface area contributed by atoms with E-state index < -0.39 is 16.2 Å². The van der Waals surface area contributed by atoms with Gasteiger partial charge in [-0.2, -0.15) is 0 Å². The third-order valence-electron chi connectivity index (χ3n) is 5.68. The molecule has 0 aliphatic carbocycles. The fourth-order valence-electron chi connectivity index (χ4n) is 4.54. The van der Waals surface area contributed by atoms with E-state index in [-0.39, 0.29) is 35.7 Å². The summed E-state index contributed by atoms with van der Waals surface area (Å²) in [7, 11) is 0. The van der Waals surface area contributed by atoms with Crippen LogP contribution in [0.2, 0.25) is 0 Å². The van der Waals surface area contributed by atoms with Gasteiger partial charge in [0.15, 0.2) is 10.5 Å². The first-order valence-corrected chi connectivity index (χ1v) is 9.13. The summed E-state index contributed by atoms with van der Waals surface area (Å²) < 4.78 is 0. The number of hydrogen-bond donors (Lipinski definition) is 1. The van der Waals surface area contributed by atoms with Gasteiger partial charge < -0.3 is 10.2 Å². The fourth-order valence-corrected chi connectivity index (χ4v) is 4.79. The number of benzene rings is 1. The minimum Gasteiger partial charge on any atom is -0.367 e. The van der Waals surface area contributed by atoms with Crippen LogP contribution in [0.5, 0.6) is 0 Å². The Labute approximate surface area is 161 Å². The summed E-state index contributed by atoms with van der Waals surface area (Å²) in [4.78, 5) is 40.7. The van der Waals surface area contributed by atoms with Crippen molar-refractivity contribution in [2.45, 2.75) is 25.3 Å². The molecular weight excluding hydrogens is 368 g/mol. The van der Waals surface area contributed by atoms with Gasteiger partial charge in [0.1, 0.15) is 0 Å². The number of non-ortho nitro benzene ring substituents is 1. The number of rotatable bonds is 3. The lowest BCUT2D eigenvalue weighted by molar-refractivity contribution is -0.384. The molecule has 9 heteroatoms. The van der Waals surface area contributed by atoms with Gasteiger partial charge in [0.2, 0.25) is 11.8 Å². The lowest BCUT2D eigenvalue weighted by Gasteiger charge is -2.50. The first kappa shape index (κ1) is 17.6. The largest absolute Gasteiger partial charge is 0.367 e. The van der Waals surface area contributed by atoms with E-state index in [4.69, 9.17) is 12.2 Å². The summed E-state index contributed by atoms with van der Waals surface area (Å²) in [6, 6.07) is 4.36. The number of nitro groups is 1. The molecule has 3 heterocycles. The number of nitrogens with zero attached hydrogens (tertiary/aromatic N) is 3. The molecule has 1 aromatic carbocycles. The van der Waals surface area contributed by atoms with Crippen LogP contribution in [0.15, 0.2) is 30.9 Å². The highest BCUT2D eigenvalue weighted by Gasteiger charge is 2.62. The summed E-state index contributed by atoms with van der Waals surface area (Å²) in [5.41, 5.74) is 0.1000. The highest BCUT2D eigenvalue weighted by atomic mass is 32.1. The molecule has 1 N–H and O–H groups in total. The number of thiocarbonyl (C=S) groups is 1. The lowest BCUT2D eigenvalue weighted by atomic mass is 9.68. The SMILES string of the molecule is C=CCN1C(=O)[C@@]2(Cc3cc([N+](=O)[O-])ccc3N3CCC[C@@H]32)C(=O)NC1=S. The first-order valence-electron chi connectivity index (χ1n) is 8.72. The summed E-state index contributed by atoms with van der Waals surface area (Å²) in [6.07, 6.45) is 3.22. The third-order valence-corrected chi connectivity index (χ3v) is 6.01. The zero-order valence-electron chi connectivity index (χ0n) is 14.5. The standard InChI is InChI=1S/C18H18N4O4S/c1-2-7-21-16(24)18(15(23)19-17(21)27)10-11-9-12(22(25)26)5-6-13(11)20-8-3-4-14(18)20/h2,5-6,9,14H,1,3-4,7-8,10H2,(H,19,23,27)/t14-,18-/m1/s1. The number of hydrogen-bond acceptors (Lipinski definition) is 6. The average Bonchev–Trinajstić information content (AvgIpc) is 3.13. The molecule has 2 fully saturated rings. The van der Waals surface area contributed by atoms with Crippen LogP contribution in [0.1, 0.15) is 18.4 Å². The van der Waals surface area contributed by atoms with E-state index >= 15 is 0 Å². The van der Waals surface area contributed by atoms with Gasteiger partial charge in [-0.25, -0.2) is 0 Å². The van der Waals surface area contributed by atoms with Crippen LogP contribution in [0.4, 0.5) is 11.4 Å². The Morgan fingerprint density at radius 2 is 2.22 bits per heavy atom. The zero-order valence-corrected chi connectivity index (χ0v) is 15.3. The molecule has 0 unspecified atom stereocenters. The van der Waals surface area contributed by atoms with Gasteiger partial charge in [-0.1, -0.05) is 6.08 Å². The molecule has 3 aliphatic rings. The quantitative estimate of drug-likeness (QED) is 0.278. The minimum atomic E-state index is -1.34. The average molecular weight is 386 g/mol. The van der Waals surface area contributed by atoms with Crippen molar-refractivity contribution in [1.29, 1.82) is 0 Å². The minimum absolute atomic E-state index is 0.0521. The predicted molar refractivity (Wildman–Crippen MR) is 102 cm³/mol. The molecule has 1 spiro atoms. The van der Waals surface area contributed by atoms with Gasteiger partial charge in [0, 0.05) is 37.3 Å². The Morgan fingerprint density at radius 1 is 1.44 bits per heavy atom. The van der Waals surface area contributed by atoms with E-state index in [1.807, 2.05) is 4.90 Å². The van der Waals surface area contributed by atoms with Crippen LogP contribution < -0.4 is 10.2 Å². The van der Waals surface area contributed by atoms with Crippen molar-refractivity contribution in [1.82, 2.24) is 10.2 Å². The van der Waals surface area contributed by atoms with Crippen LogP contribution in [0.3, 0.4) is 0 Å². The Morgan fingerprint density at radius 3 is 2.93 bits per heavy atom. The third kappa shape index (κ3) is 2.38. The molecule has 8 nitrogen and oxygen atoms in total. The van der Waals surface area contributed by atoms with E-state index in [0.717, 1.165) is 12.1 Å². The fraction of sp³-hybridized carbons (Fsp3) is 0.389. The van der Waals surface area contributed by atoms with Crippen molar-refractivity contribution in [2.75, 3.05) is 18.0 Å². The van der Waals surface area contributed by atoms with E-state index in [1.54, 1.807) is 12.1 Å². The van der Waals surface area contributed by atoms with Gasteiger partial charge in [-0.05, 0) is 36.7 Å². The molecule has 0 aromatic heterocycles. The maximum absolute atomic E-state index is 13.5. The molecule has 4 rings (SSSR count). The van der Waals surface area contributed by atoms with Crippen molar-refractivity contribution >= 4 is 40.5 Å². The molecule has 0 bridgehead atoms. The van der Waals surface area contributed by atoms with Crippen molar-refractivity contribution in [2.24, 2.45) is 5.41 Å². The van der Waals surface area contributed by atoms with Gasteiger partial charge in [0.25, 0.3) is 5.69 Å². The molecule has 2 atom stereocenters. The molecule has 1 aromatic rings. The highest BCUT2D eigenvalue weighted by Crippen LogP contribution is 2.48. The normalized spacial score (nSPS) is 26.7. The van der Waals surface area contributed by atoms with Crippen molar-refractivity contribution in [3.05, 3.63) is 46.5 Å². The maximum atomic E-state index is 13.5. The first-order chi connectivity index (χ1) is 12.9. The second-order valence-corrected chi connectivity index (χ2v) is 7.42. The molecule has 2 saturated heterocycles. The number of anilines is 1. The number of fused-ring (bicyclic) bond motifs is 4. The van der Waals surface area contributed by atoms with Crippen LogP contribution in [0, 0.1) is 15.5 Å². The van der Waals surface area contributed by atoms with Crippen LogP contribution in [-0.2, 0) is 16.0 Å². The Hall–Kier alpha value is -2.81. The topological polar surface area (TPSA) is 95.8 Å².